The Balaban J connectivity index is 2.23. The van der Waals surface area contributed by atoms with E-state index < -0.39 is 0 Å². The monoisotopic (exact) mass is 382 g/mol. The van der Waals surface area contributed by atoms with Crippen molar-refractivity contribution in [3.05, 3.63) is 65.7 Å². The molecule has 0 radical (unpaired) electrons. The molecule has 0 aliphatic heterocycles. The fourth-order valence-corrected chi connectivity index (χ4v) is 2.93. The van der Waals surface area contributed by atoms with Gasteiger partial charge in [-0.1, -0.05) is 38.1 Å². The molecule has 0 fully saturated rings. The second kappa shape index (κ2) is 11.1. The number of likely N-dealkylation sites (N-methyl/N-ethyl adjacent to an activating group) is 1. The number of nitrogens with one attached hydrogen (secondary N) is 1. The van der Waals surface area contributed by atoms with Crippen LogP contribution < -0.4 is 14.8 Å². The number of carbonyl (C=O) groups is 1. The Morgan fingerprint density at radius 3 is 1.75 bits per heavy atom. The van der Waals surface area contributed by atoms with Crippen molar-refractivity contribution in [3.8, 4) is 11.5 Å². The summed E-state index contributed by atoms with van der Waals surface area (Å²) >= 11 is 0. The van der Waals surface area contributed by atoms with Crippen LogP contribution in [0.5, 0.6) is 11.5 Å². The summed E-state index contributed by atoms with van der Waals surface area (Å²) in [4.78, 5) is 14.8. The first-order chi connectivity index (χ1) is 13.6. The molecule has 0 heterocycles. The Kier molecular flexibility index (Phi) is 8.56. The third-order valence-corrected chi connectivity index (χ3v) is 4.70. The second-order valence-electron chi connectivity index (χ2n) is 6.33. The third kappa shape index (κ3) is 6.13. The Labute approximate surface area is 168 Å². The molecule has 2 aromatic rings. The van der Waals surface area contributed by atoms with E-state index in [1.807, 2.05) is 48.5 Å². The molecule has 2 aromatic carbocycles. The van der Waals surface area contributed by atoms with Crippen molar-refractivity contribution in [2.24, 2.45) is 0 Å². The third-order valence-electron chi connectivity index (χ3n) is 4.70. The van der Waals surface area contributed by atoms with Gasteiger partial charge in [-0.25, -0.2) is 0 Å². The number of carbonyl (C=O) groups excluding carboxylic acids is 1. The number of hydrogen-bond donors (Lipinski definition) is 1. The van der Waals surface area contributed by atoms with E-state index in [2.05, 4.69) is 24.1 Å². The molecule has 0 unspecified atom stereocenters. The first-order valence-electron chi connectivity index (χ1n) is 9.62. The first kappa shape index (κ1) is 21.5. The van der Waals surface area contributed by atoms with Crippen molar-refractivity contribution >= 4 is 11.5 Å². The molecule has 0 bridgehead atoms. The molecule has 0 spiro atoms. The van der Waals surface area contributed by atoms with Gasteiger partial charge in [-0.3, -0.25) is 4.79 Å². The van der Waals surface area contributed by atoms with Crippen molar-refractivity contribution in [1.29, 1.82) is 0 Å². The van der Waals surface area contributed by atoms with Gasteiger partial charge in [0.25, 0.3) is 0 Å². The lowest BCUT2D eigenvalue weighted by Gasteiger charge is -2.17. The Bertz CT molecular complexity index is 714. The molecule has 5 heteroatoms. The van der Waals surface area contributed by atoms with Crippen LogP contribution in [-0.2, 0) is 4.79 Å². The topological polar surface area (TPSA) is 50.8 Å². The first-order valence-corrected chi connectivity index (χ1v) is 9.62. The Morgan fingerprint density at radius 1 is 0.893 bits per heavy atom. The highest BCUT2D eigenvalue weighted by atomic mass is 16.5. The number of ether oxygens (including phenoxy) is 2. The second-order valence-corrected chi connectivity index (χ2v) is 6.33. The average Bonchev–Trinajstić information content (AvgIpc) is 2.75. The van der Waals surface area contributed by atoms with Gasteiger partial charge in [-0.05, 0) is 54.1 Å². The average molecular weight is 383 g/mol. The molecule has 1 amide bonds. The lowest BCUT2D eigenvalue weighted by Crippen LogP contribution is -2.34. The standard InChI is InChI=1S/C23H30N2O3/c1-5-25(6-2)16-15-24-23(26)17-22(18-7-11-20(27-3)12-8-18)19-9-13-21(28-4)14-10-19/h7-14,17H,5-6,15-16H2,1-4H3,(H,24,26). The van der Waals surface area contributed by atoms with Gasteiger partial charge in [0, 0.05) is 19.2 Å². The molecule has 0 aromatic heterocycles. The van der Waals surface area contributed by atoms with Crippen molar-refractivity contribution in [2.45, 2.75) is 13.8 Å². The minimum Gasteiger partial charge on any atom is -0.497 e. The maximum absolute atomic E-state index is 12.5. The van der Waals surface area contributed by atoms with E-state index in [-0.39, 0.29) is 5.91 Å². The van der Waals surface area contributed by atoms with Crippen LogP contribution in [0.4, 0.5) is 0 Å². The van der Waals surface area contributed by atoms with E-state index in [1.54, 1.807) is 20.3 Å². The molecule has 0 atom stereocenters. The maximum atomic E-state index is 12.5. The van der Waals surface area contributed by atoms with Crippen LogP contribution >= 0.6 is 0 Å². The maximum Gasteiger partial charge on any atom is 0.244 e. The van der Waals surface area contributed by atoms with Crippen LogP contribution in [0.1, 0.15) is 25.0 Å². The highest BCUT2D eigenvalue weighted by Gasteiger charge is 2.09. The van der Waals surface area contributed by atoms with E-state index in [4.69, 9.17) is 9.47 Å². The highest BCUT2D eigenvalue weighted by molar-refractivity contribution is 5.99. The minimum atomic E-state index is -0.103. The molecule has 0 saturated carbocycles. The zero-order chi connectivity index (χ0) is 20.4. The SMILES string of the molecule is CCN(CC)CCNC(=O)C=C(c1ccc(OC)cc1)c1ccc(OC)cc1. The van der Waals surface area contributed by atoms with Crippen molar-refractivity contribution in [2.75, 3.05) is 40.4 Å². The molecular weight excluding hydrogens is 352 g/mol. The largest absolute Gasteiger partial charge is 0.497 e. The van der Waals surface area contributed by atoms with Gasteiger partial charge in [0.1, 0.15) is 11.5 Å². The fourth-order valence-electron chi connectivity index (χ4n) is 2.93. The number of amides is 1. The summed E-state index contributed by atoms with van der Waals surface area (Å²) in [6.45, 7) is 7.66. The van der Waals surface area contributed by atoms with E-state index in [0.717, 1.165) is 47.8 Å². The van der Waals surface area contributed by atoms with Gasteiger partial charge in [0.05, 0.1) is 14.2 Å². The molecule has 28 heavy (non-hydrogen) atoms. The molecule has 1 N–H and O–H groups in total. The van der Waals surface area contributed by atoms with E-state index in [0.29, 0.717) is 6.54 Å². The number of hydrogen-bond acceptors (Lipinski definition) is 4. The molecule has 0 aliphatic rings. The van der Waals surface area contributed by atoms with Gasteiger partial charge >= 0.3 is 0 Å². The van der Waals surface area contributed by atoms with E-state index in [9.17, 15) is 4.79 Å². The summed E-state index contributed by atoms with van der Waals surface area (Å²) in [6, 6.07) is 15.4. The number of methoxy groups -OCH3 is 2. The summed E-state index contributed by atoms with van der Waals surface area (Å²) in [7, 11) is 3.27. The van der Waals surface area contributed by atoms with Crippen LogP contribution in [0.25, 0.3) is 5.57 Å². The smallest absolute Gasteiger partial charge is 0.244 e. The zero-order valence-corrected chi connectivity index (χ0v) is 17.2. The molecule has 0 saturated heterocycles. The quantitative estimate of drug-likeness (QED) is 0.638. The highest BCUT2D eigenvalue weighted by Crippen LogP contribution is 2.26. The van der Waals surface area contributed by atoms with Crippen molar-refractivity contribution in [1.82, 2.24) is 10.2 Å². The van der Waals surface area contributed by atoms with Gasteiger partial charge in [0.2, 0.25) is 5.91 Å². The Morgan fingerprint density at radius 2 is 1.36 bits per heavy atom. The molecule has 150 valence electrons. The summed E-state index contributed by atoms with van der Waals surface area (Å²) in [6.07, 6.45) is 1.66. The molecule has 0 aliphatic carbocycles. The Hall–Kier alpha value is -2.79. The van der Waals surface area contributed by atoms with Gasteiger partial charge in [-0.2, -0.15) is 0 Å². The molecule has 5 nitrogen and oxygen atoms in total. The summed E-state index contributed by atoms with van der Waals surface area (Å²) in [5, 5.41) is 2.99. The van der Waals surface area contributed by atoms with Gasteiger partial charge < -0.3 is 19.7 Å². The van der Waals surface area contributed by atoms with E-state index >= 15 is 0 Å². The summed E-state index contributed by atoms with van der Waals surface area (Å²) < 4.78 is 10.5. The lowest BCUT2D eigenvalue weighted by atomic mass is 9.97. The van der Waals surface area contributed by atoms with E-state index in [1.165, 1.54) is 0 Å². The van der Waals surface area contributed by atoms with Gasteiger partial charge in [0.15, 0.2) is 0 Å². The van der Waals surface area contributed by atoms with Crippen LogP contribution in [0.15, 0.2) is 54.6 Å². The number of nitrogens with zero attached hydrogens (tertiary/aromatic N) is 1. The summed E-state index contributed by atoms with van der Waals surface area (Å²) in [5.41, 5.74) is 2.75. The lowest BCUT2D eigenvalue weighted by molar-refractivity contribution is -0.116. The van der Waals surface area contributed by atoms with Gasteiger partial charge in [-0.15, -0.1) is 0 Å². The zero-order valence-electron chi connectivity index (χ0n) is 17.2. The van der Waals surface area contributed by atoms with Crippen LogP contribution in [0.3, 0.4) is 0 Å². The van der Waals surface area contributed by atoms with Crippen LogP contribution in [0, 0.1) is 0 Å². The van der Waals surface area contributed by atoms with Crippen LogP contribution in [0.2, 0.25) is 0 Å². The van der Waals surface area contributed by atoms with Crippen molar-refractivity contribution < 1.29 is 14.3 Å². The molecule has 2 rings (SSSR count). The predicted octanol–water partition coefficient (Wildman–Crippen LogP) is 3.59. The number of benzene rings is 2. The fraction of sp³-hybridized carbons (Fsp3) is 0.348. The normalized spacial score (nSPS) is 10.5. The number of rotatable bonds is 10. The predicted molar refractivity (Wildman–Crippen MR) is 114 cm³/mol. The summed E-state index contributed by atoms with van der Waals surface area (Å²) in [5.74, 6) is 1.46. The van der Waals surface area contributed by atoms with Crippen LogP contribution in [-0.4, -0.2) is 51.2 Å². The minimum absolute atomic E-state index is 0.103. The van der Waals surface area contributed by atoms with Crippen molar-refractivity contribution in [3.63, 3.8) is 0 Å². The molecular formula is C23H30N2O3.